The highest BCUT2D eigenvalue weighted by molar-refractivity contribution is 6.34. The summed E-state index contributed by atoms with van der Waals surface area (Å²) in [5.74, 6) is -0.532. The Morgan fingerprint density at radius 2 is 1.92 bits per heavy atom. The average Bonchev–Trinajstić information content (AvgIpc) is 2.06. The first-order valence-electron chi connectivity index (χ1n) is 3.59. The van der Waals surface area contributed by atoms with Gasteiger partial charge in [0.05, 0.1) is 0 Å². The molecule has 0 aromatic heterocycles. The smallest absolute Gasteiger partial charge is 0.242 e. The molecule has 0 fully saturated rings. The Morgan fingerprint density at radius 3 is 2.33 bits per heavy atom. The van der Waals surface area contributed by atoms with E-state index < -0.39 is 10.8 Å². The second-order valence-electron chi connectivity index (χ2n) is 2.73. The molecule has 1 amide bonds. The zero-order valence-electron chi connectivity index (χ0n) is 6.75. The summed E-state index contributed by atoms with van der Waals surface area (Å²) >= 11 is 5.92. The Morgan fingerprint density at radius 1 is 1.42 bits per heavy atom. The van der Waals surface area contributed by atoms with Crippen molar-refractivity contribution in [2.24, 2.45) is 5.73 Å². The number of rotatable bonds is 2. The maximum absolute atomic E-state index is 10.9. The number of carbonyl (C=O) groups is 1. The lowest BCUT2D eigenvalue weighted by Crippen LogP contribution is -2.33. The number of nitrogens with two attached hydrogens (primary N) is 1. The van der Waals surface area contributed by atoms with Gasteiger partial charge in [0, 0.05) is 0 Å². The Bertz CT molecular complexity index is 282. The van der Waals surface area contributed by atoms with Crippen molar-refractivity contribution < 1.29 is 4.79 Å². The molecule has 1 unspecified atom stereocenters. The first kappa shape index (κ1) is 9.07. The van der Waals surface area contributed by atoms with Gasteiger partial charge in [-0.1, -0.05) is 30.3 Å². The molecule has 12 heavy (non-hydrogen) atoms. The van der Waals surface area contributed by atoms with Crippen molar-refractivity contribution >= 4 is 17.5 Å². The Kier molecular flexibility index (Phi) is 2.38. The number of primary amides is 1. The number of benzene rings is 1. The molecule has 1 aromatic carbocycles. The lowest BCUT2D eigenvalue weighted by atomic mass is 10.00. The van der Waals surface area contributed by atoms with Crippen LogP contribution in [0, 0.1) is 0 Å². The maximum atomic E-state index is 10.9. The minimum Gasteiger partial charge on any atom is -0.368 e. The molecule has 0 aliphatic rings. The van der Waals surface area contributed by atoms with Gasteiger partial charge in [-0.25, -0.2) is 0 Å². The quantitative estimate of drug-likeness (QED) is 0.696. The number of hydrogen-bond acceptors (Lipinski definition) is 1. The molecule has 2 N–H and O–H groups in total. The fraction of sp³-hybridized carbons (Fsp3) is 0.222. The molecule has 0 aliphatic carbocycles. The van der Waals surface area contributed by atoms with Crippen LogP contribution in [0.5, 0.6) is 0 Å². The van der Waals surface area contributed by atoms with Gasteiger partial charge in [0.2, 0.25) is 5.91 Å². The first-order chi connectivity index (χ1) is 5.55. The van der Waals surface area contributed by atoms with Gasteiger partial charge < -0.3 is 5.73 Å². The van der Waals surface area contributed by atoms with Gasteiger partial charge in [-0.2, -0.15) is 0 Å². The number of carbonyl (C=O) groups excluding carboxylic acids is 1. The second kappa shape index (κ2) is 3.15. The largest absolute Gasteiger partial charge is 0.368 e. The summed E-state index contributed by atoms with van der Waals surface area (Å²) < 4.78 is 0. The van der Waals surface area contributed by atoms with Crippen LogP contribution < -0.4 is 5.73 Å². The molecule has 0 spiro atoms. The third kappa shape index (κ3) is 1.59. The van der Waals surface area contributed by atoms with Crippen LogP contribution in [0.2, 0.25) is 0 Å². The standard InChI is InChI=1S/C9H10ClNO/c1-9(10,8(11)12)7-5-3-2-4-6-7/h2-6H,1H3,(H2,11,12). The maximum Gasteiger partial charge on any atom is 0.242 e. The van der Waals surface area contributed by atoms with Crippen LogP contribution >= 0.6 is 11.6 Å². The summed E-state index contributed by atoms with van der Waals surface area (Å²) in [4.78, 5) is 9.82. The zero-order chi connectivity index (χ0) is 9.19. The van der Waals surface area contributed by atoms with Crippen LogP contribution in [-0.2, 0) is 9.67 Å². The van der Waals surface area contributed by atoms with E-state index in [0.717, 1.165) is 5.56 Å². The van der Waals surface area contributed by atoms with Crippen LogP contribution in [-0.4, -0.2) is 5.91 Å². The van der Waals surface area contributed by atoms with Gasteiger partial charge in [0.25, 0.3) is 0 Å². The summed E-state index contributed by atoms with van der Waals surface area (Å²) in [6.45, 7) is 1.59. The molecule has 0 radical (unpaired) electrons. The fourth-order valence-corrected chi connectivity index (χ4v) is 1.02. The SMILES string of the molecule is CC(Cl)(C(N)=O)c1ccccc1. The molecule has 0 bridgehead atoms. The number of hydrogen-bond donors (Lipinski definition) is 1. The van der Waals surface area contributed by atoms with E-state index in [9.17, 15) is 4.79 Å². The predicted molar refractivity (Wildman–Crippen MR) is 48.8 cm³/mol. The van der Waals surface area contributed by atoms with Crippen molar-refractivity contribution in [2.45, 2.75) is 11.8 Å². The van der Waals surface area contributed by atoms with E-state index in [2.05, 4.69) is 0 Å². The Labute approximate surface area is 76.3 Å². The van der Waals surface area contributed by atoms with Crippen LogP contribution in [0.25, 0.3) is 0 Å². The van der Waals surface area contributed by atoms with Crippen molar-refractivity contribution in [2.75, 3.05) is 0 Å². The highest BCUT2D eigenvalue weighted by atomic mass is 35.5. The summed E-state index contributed by atoms with van der Waals surface area (Å²) in [5, 5.41) is 0. The molecule has 0 aliphatic heterocycles. The monoisotopic (exact) mass is 183 g/mol. The van der Waals surface area contributed by atoms with E-state index in [4.69, 9.17) is 17.3 Å². The molecule has 0 saturated heterocycles. The molecule has 1 atom stereocenters. The summed E-state index contributed by atoms with van der Waals surface area (Å²) in [7, 11) is 0. The minimum atomic E-state index is -1.10. The first-order valence-corrected chi connectivity index (χ1v) is 3.97. The number of alkyl halides is 1. The average molecular weight is 184 g/mol. The normalized spacial score (nSPS) is 15.2. The Balaban J connectivity index is 3.06. The van der Waals surface area contributed by atoms with Gasteiger partial charge >= 0.3 is 0 Å². The molecule has 0 heterocycles. The molecule has 1 rings (SSSR count). The van der Waals surface area contributed by atoms with E-state index in [1.165, 1.54) is 0 Å². The number of halogens is 1. The summed E-state index contributed by atoms with van der Waals surface area (Å²) in [6.07, 6.45) is 0. The van der Waals surface area contributed by atoms with Crippen molar-refractivity contribution in [1.82, 2.24) is 0 Å². The topological polar surface area (TPSA) is 43.1 Å². The van der Waals surface area contributed by atoms with Gasteiger partial charge in [-0.05, 0) is 12.5 Å². The molecule has 64 valence electrons. The fourth-order valence-electron chi connectivity index (χ4n) is 0.893. The Hall–Kier alpha value is -1.02. The lowest BCUT2D eigenvalue weighted by Gasteiger charge is -2.17. The van der Waals surface area contributed by atoms with E-state index in [1.807, 2.05) is 18.2 Å². The molecule has 2 nitrogen and oxygen atoms in total. The second-order valence-corrected chi connectivity index (χ2v) is 3.49. The highest BCUT2D eigenvalue weighted by Crippen LogP contribution is 2.27. The molecule has 0 saturated carbocycles. The van der Waals surface area contributed by atoms with Crippen molar-refractivity contribution in [3.63, 3.8) is 0 Å². The van der Waals surface area contributed by atoms with Crippen LogP contribution in [0.3, 0.4) is 0 Å². The van der Waals surface area contributed by atoms with Crippen LogP contribution in [0.1, 0.15) is 12.5 Å². The van der Waals surface area contributed by atoms with Gasteiger partial charge in [0.1, 0.15) is 4.87 Å². The molecule has 3 heteroatoms. The molecule has 1 aromatic rings. The van der Waals surface area contributed by atoms with Crippen LogP contribution in [0.15, 0.2) is 30.3 Å². The lowest BCUT2D eigenvalue weighted by molar-refractivity contribution is -0.120. The van der Waals surface area contributed by atoms with Crippen molar-refractivity contribution in [3.8, 4) is 0 Å². The van der Waals surface area contributed by atoms with Gasteiger partial charge in [-0.3, -0.25) is 4.79 Å². The third-order valence-electron chi connectivity index (χ3n) is 1.78. The minimum absolute atomic E-state index is 0.532. The van der Waals surface area contributed by atoms with E-state index >= 15 is 0 Å². The zero-order valence-corrected chi connectivity index (χ0v) is 7.51. The van der Waals surface area contributed by atoms with Crippen molar-refractivity contribution in [3.05, 3.63) is 35.9 Å². The van der Waals surface area contributed by atoms with Crippen LogP contribution in [0.4, 0.5) is 0 Å². The molecular formula is C9H10ClNO. The number of amides is 1. The van der Waals surface area contributed by atoms with Gasteiger partial charge in [-0.15, -0.1) is 11.6 Å². The summed E-state index contributed by atoms with van der Waals surface area (Å²) in [5.41, 5.74) is 5.85. The van der Waals surface area contributed by atoms with E-state index in [0.29, 0.717) is 0 Å². The van der Waals surface area contributed by atoms with E-state index in [1.54, 1.807) is 19.1 Å². The summed E-state index contributed by atoms with van der Waals surface area (Å²) in [6, 6.07) is 9.05. The third-order valence-corrected chi connectivity index (χ3v) is 2.18. The predicted octanol–water partition coefficient (Wildman–Crippen LogP) is 1.63. The van der Waals surface area contributed by atoms with Crippen molar-refractivity contribution in [1.29, 1.82) is 0 Å². The molecular weight excluding hydrogens is 174 g/mol. The van der Waals surface area contributed by atoms with E-state index in [-0.39, 0.29) is 0 Å². The highest BCUT2D eigenvalue weighted by Gasteiger charge is 2.29. The van der Waals surface area contributed by atoms with Gasteiger partial charge in [0.15, 0.2) is 0 Å².